The van der Waals surface area contributed by atoms with E-state index in [1.165, 1.54) is 5.56 Å². The lowest BCUT2D eigenvalue weighted by atomic mass is 9.97. The largest absolute Gasteiger partial charge is 0.241 e. The molecule has 0 radical (unpaired) electrons. The Labute approximate surface area is 140 Å². The Morgan fingerprint density at radius 3 is 2.09 bits per heavy atom. The van der Waals surface area contributed by atoms with Gasteiger partial charge < -0.3 is 0 Å². The van der Waals surface area contributed by atoms with E-state index in [2.05, 4.69) is 39.7 Å². The van der Waals surface area contributed by atoms with E-state index in [9.17, 15) is 8.42 Å². The molecule has 5 heteroatoms. The summed E-state index contributed by atoms with van der Waals surface area (Å²) in [5.41, 5.74) is 4.47. The van der Waals surface area contributed by atoms with Crippen molar-refractivity contribution >= 4 is 26.0 Å². The fourth-order valence-electron chi connectivity index (χ4n) is 2.43. The van der Waals surface area contributed by atoms with E-state index >= 15 is 0 Å². The molecule has 2 rings (SSSR count). The minimum atomic E-state index is -3.53. The highest BCUT2D eigenvalue weighted by Gasteiger charge is 2.19. The molecule has 2 aromatic carbocycles. The van der Waals surface area contributed by atoms with Crippen LogP contribution in [-0.2, 0) is 10.0 Å². The SMILES string of the molecule is Cc1cc(C)c([C@@H](C)NS(=O)(=O)c2ccc(Br)cc2)cc1C. The maximum atomic E-state index is 12.5. The van der Waals surface area contributed by atoms with Crippen molar-refractivity contribution in [2.24, 2.45) is 0 Å². The first-order chi connectivity index (χ1) is 10.2. The Hall–Kier alpha value is -1.17. The summed E-state index contributed by atoms with van der Waals surface area (Å²) in [7, 11) is -3.53. The molecule has 3 nitrogen and oxygen atoms in total. The number of benzene rings is 2. The smallest absolute Gasteiger partial charge is 0.207 e. The van der Waals surface area contributed by atoms with Crippen LogP contribution in [0, 0.1) is 20.8 Å². The molecular weight excluding hydrogens is 362 g/mol. The van der Waals surface area contributed by atoms with Crippen molar-refractivity contribution in [3.63, 3.8) is 0 Å². The van der Waals surface area contributed by atoms with Crippen LogP contribution in [0.25, 0.3) is 0 Å². The molecule has 0 aliphatic carbocycles. The van der Waals surface area contributed by atoms with Gasteiger partial charge in [-0.2, -0.15) is 0 Å². The van der Waals surface area contributed by atoms with Gasteiger partial charge >= 0.3 is 0 Å². The molecule has 0 saturated carbocycles. The highest BCUT2D eigenvalue weighted by molar-refractivity contribution is 9.10. The van der Waals surface area contributed by atoms with Crippen LogP contribution in [0.3, 0.4) is 0 Å². The third kappa shape index (κ3) is 3.77. The molecule has 2 aromatic rings. The molecule has 22 heavy (non-hydrogen) atoms. The van der Waals surface area contributed by atoms with Crippen LogP contribution in [0.4, 0.5) is 0 Å². The van der Waals surface area contributed by atoms with Crippen molar-refractivity contribution in [3.8, 4) is 0 Å². The van der Waals surface area contributed by atoms with Crippen LogP contribution in [-0.4, -0.2) is 8.42 Å². The number of sulfonamides is 1. The van der Waals surface area contributed by atoms with Crippen molar-refractivity contribution < 1.29 is 8.42 Å². The minimum Gasteiger partial charge on any atom is -0.207 e. The van der Waals surface area contributed by atoms with Gasteiger partial charge in [0, 0.05) is 10.5 Å². The van der Waals surface area contributed by atoms with Crippen LogP contribution < -0.4 is 4.72 Å². The maximum absolute atomic E-state index is 12.5. The van der Waals surface area contributed by atoms with Crippen LogP contribution >= 0.6 is 15.9 Å². The molecule has 0 aromatic heterocycles. The zero-order valence-electron chi connectivity index (χ0n) is 13.1. The van der Waals surface area contributed by atoms with Gasteiger partial charge in [0.05, 0.1) is 4.90 Å². The first-order valence-corrected chi connectivity index (χ1v) is 9.34. The van der Waals surface area contributed by atoms with Crippen molar-refractivity contribution in [3.05, 3.63) is 63.1 Å². The zero-order chi connectivity index (χ0) is 16.5. The lowest BCUT2D eigenvalue weighted by molar-refractivity contribution is 0.566. The van der Waals surface area contributed by atoms with Gasteiger partial charge in [-0.15, -0.1) is 0 Å². The van der Waals surface area contributed by atoms with E-state index in [1.807, 2.05) is 20.8 Å². The van der Waals surface area contributed by atoms with Gasteiger partial charge in [0.15, 0.2) is 0 Å². The summed E-state index contributed by atoms with van der Waals surface area (Å²) in [4.78, 5) is 0.268. The van der Waals surface area contributed by atoms with Gasteiger partial charge in [0.1, 0.15) is 0 Å². The molecule has 0 aliphatic heterocycles. The molecular formula is C17H20BrNO2S. The summed E-state index contributed by atoms with van der Waals surface area (Å²) >= 11 is 3.31. The Bertz CT molecular complexity index is 783. The van der Waals surface area contributed by atoms with E-state index < -0.39 is 10.0 Å². The number of halogens is 1. The van der Waals surface area contributed by atoms with Gasteiger partial charge in [0.2, 0.25) is 10.0 Å². The Morgan fingerprint density at radius 2 is 1.50 bits per heavy atom. The third-order valence-electron chi connectivity index (χ3n) is 3.80. The van der Waals surface area contributed by atoms with Crippen molar-refractivity contribution in [2.75, 3.05) is 0 Å². The minimum absolute atomic E-state index is 0.268. The Kier molecular flexibility index (Phi) is 5.10. The van der Waals surface area contributed by atoms with Gasteiger partial charge in [-0.3, -0.25) is 0 Å². The van der Waals surface area contributed by atoms with Crippen molar-refractivity contribution in [1.82, 2.24) is 4.72 Å². The van der Waals surface area contributed by atoms with Crippen molar-refractivity contribution in [1.29, 1.82) is 0 Å². The predicted molar refractivity (Wildman–Crippen MR) is 93.5 cm³/mol. The molecule has 0 saturated heterocycles. The molecule has 1 atom stereocenters. The average Bonchev–Trinajstić information content (AvgIpc) is 2.42. The Balaban J connectivity index is 2.30. The van der Waals surface area contributed by atoms with E-state index in [0.29, 0.717) is 0 Å². The topological polar surface area (TPSA) is 46.2 Å². The van der Waals surface area contributed by atoms with Gasteiger partial charge in [-0.05, 0) is 74.2 Å². The molecule has 1 N–H and O–H groups in total. The highest BCUT2D eigenvalue weighted by atomic mass is 79.9. The normalized spacial score (nSPS) is 13.1. The second kappa shape index (κ2) is 6.52. The molecule has 0 amide bonds. The summed E-state index contributed by atoms with van der Waals surface area (Å²) in [6, 6.07) is 10.5. The number of hydrogen-bond donors (Lipinski definition) is 1. The number of aryl methyl sites for hydroxylation is 3. The molecule has 118 valence electrons. The molecule has 0 heterocycles. The van der Waals surface area contributed by atoms with Crippen molar-refractivity contribution in [2.45, 2.75) is 38.6 Å². The summed E-state index contributed by atoms with van der Waals surface area (Å²) in [5, 5.41) is 0. The molecule has 0 bridgehead atoms. The molecule has 0 spiro atoms. The number of rotatable bonds is 4. The quantitative estimate of drug-likeness (QED) is 0.851. The molecule has 0 unspecified atom stereocenters. The average molecular weight is 382 g/mol. The van der Waals surface area contributed by atoms with E-state index in [4.69, 9.17) is 0 Å². The molecule has 0 aliphatic rings. The highest BCUT2D eigenvalue weighted by Crippen LogP contribution is 2.24. The standard InChI is InChI=1S/C17H20BrNO2S/c1-11-9-13(3)17(10-12(11)2)14(4)19-22(20,21)16-7-5-15(18)6-8-16/h5-10,14,19H,1-4H3/t14-/m1/s1. The first kappa shape index (κ1) is 17.2. The third-order valence-corrected chi connectivity index (χ3v) is 5.89. The summed E-state index contributed by atoms with van der Waals surface area (Å²) < 4.78 is 28.5. The van der Waals surface area contributed by atoms with Crippen LogP contribution in [0.2, 0.25) is 0 Å². The van der Waals surface area contributed by atoms with E-state index in [0.717, 1.165) is 21.2 Å². The molecule has 0 fully saturated rings. The zero-order valence-corrected chi connectivity index (χ0v) is 15.5. The van der Waals surface area contributed by atoms with Crippen LogP contribution in [0.15, 0.2) is 45.8 Å². The number of hydrogen-bond acceptors (Lipinski definition) is 2. The lowest BCUT2D eigenvalue weighted by Gasteiger charge is -2.18. The maximum Gasteiger partial charge on any atom is 0.241 e. The summed E-state index contributed by atoms with van der Waals surface area (Å²) in [6.07, 6.45) is 0. The van der Waals surface area contributed by atoms with Crippen LogP contribution in [0.5, 0.6) is 0 Å². The first-order valence-electron chi connectivity index (χ1n) is 7.06. The van der Waals surface area contributed by atoms with Crippen LogP contribution in [0.1, 0.15) is 35.2 Å². The monoisotopic (exact) mass is 381 g/mol. The van der Waals surface area contributed by atoms with Gasteiger partial charge in [-0.1, -0.05) is 28.1 Å². The fraction of sp³-hybridized carbons (Fsp3) is 0.294. The summed E-state index contributed by atoms with van der Waals surface area (Å²) in [6.45, 7) is 7.97. The fourth-order valence-corrected chi connectivity index (χ4v) is 3.91. The predicted octanol–water partition coefficient (Wildman–Crippen LogP) is 4.41. The lowest BCUT2D eigenvalue weighted by Crippen LogP contribution is -2.27. The van der Waals surface area contributed by atoms with E-state index in [1.54, 1.807) is 24.3 Å². The van der Waals surface area contributed by atoms with Gasteiger partial charge in [-0.25, -0.2) is 13.1 Å². The number of nitrogens with one attached hydrogen (secondary N) is 1. The van der Waals surface area contributed by atoms with E-state index in [-0.39, 0.29) is 10.9 Å². The van der Waals surface area contributed by atoms with Gasteiger partial charge in [0.25, 0.3) is 0 Å². The Morgan fingerprint density at radius 1 is 0.955 bits per heavy atom. The second-order valence-corrected chi connectivity index (χ2v) is 8.22. The second-order valence-electron chi connectivity index (χ2n) is 5.59. The summed E-state index contributed by atoms with van der Waals surface area (Å²) in [5.74, 6) is 0.